The second-order valence-corrected chi connectivity index (χ2v) is 5.59. The third-order valence-corrected chi connectivity index (χ3v) is 4.13. The van der Waals surface area contributed by atoms with E-state index in [0.717, 1.165) is 18.7 Å². The Kier molecular flexibility index (Phi) is 5.79. The molecule has 0 aromatic carbocycles. The second-order valence-electron chi connectivity index (χ2n) is 4.81. The molecule has 0 fully saturated rings. The van der Waals surface area contributed by atoms with Crippen molar-refractivity contribution in [3.05, 3.63) is 46.0 Å². The lowest BCUT2D eigenvalue weighted by molar-refractivity contribution is 0.0986. The molecule has 0 amide bonds. The van der Waals surface area contributed by atoms with Gasteiger partial charge in [-0.15, -0.1) is 0 Å². The van der Waals surface area contributed by atoms with Crippen LogP contribution in [0.15, 0.2) is 33.4 Å². The van der Waals surface area contributed by atoms with Crippen molar-refractivity contribution >= 4 is 11.3 Å². The van der Waals surface area contributed by atoms with Crippen molar-refractivity contribution in [3.63, 3.8) is 0 Å². The molecule has 1 atom stereocenters. The van der Waals surface area contributed by atoms with Crippen LogP contribution >= 0.6 is 11.3 Å². The maximum Gasteiger partial charge on any atom is 0.129 e. The zero-order valence-corrected chi connectivity index (χ0v) is 12.5. The number of hydrogen-bond acceptors (Lipinski definition) is 5. The summed E-state index contributed by atoms with van der Waals surface area (Å²) >= 11 is 1.68. The zero-order chi connectivity index (χ0) is 14.4. The van der Waals surface area contributed by atoms with E-state index in [1.165, 1.54) is 5.56 Å². The van der Waals surface area contributed by atoms with E-state index in [2.05, 4.69) is 28.7 Å². The molecule has 20 heavy (non-hydrogen) atoms. The molecule has 110 valence electrons. The van der Waals surface area contributed by atoms with E-state index >= 15 is 0 Å². The summed E-state index contributed by atoms with van der Waals surface area (Å²) < 4.78 is 5.55. The van der Waals surface area contributed by atoms with Crippen LogP contribution in [0, 0.1) is 0 Å². The molecule has 2 aromatic rings. The van der Waals surface area contributed by atoms with Gasteiger partial charge in [0.1, 0.15) is 18.1 Å². The highest BCUT2D eigenvalue weighted by molar-refractivity contribution is 7.07. The molecule has 0 unspecified atom stereocenters. The average Bonchev–Trinajstić information content (AvgIpc) is 3.11. The summed E-state index contributed by atoms with van der Waals surface area (Å²) in [5.41, 5.74) is 1.25. The van der Waals surface area contributed by atoms with Crippen LogP contribution in [0.3, 0.4) is 0 Å². The fourth-order valence-corrected chi connectivity index (χ4v) is 2.89. The molecule has 0 aliphatic rings. The van der Waals surface area contributed by atoms with Gasteiger partial charge in [-0.05, 0) is 40.9 Å². The summed E-state index contributed by atoms with van der Waals surface area (Å²) in [7, 11) is 0. The molecule has 5 heteroatoms. The molecule has 0 radical (unpaired) electrons. The van der Waals surface area contributed by atoms with Crippen LogP contribution in [0.5, 0.6) is 0 Å². The van der Waals surface area contributed by atoms with Gasteiger partial charge in [-0.3, -0.25) is 4.90 Å². The van der Waals surface area contributed by atoms with Crippen LogP contribution in [-0.2, 0) is 19.7 Å². The normalized spacial score (nSPS) is 13.0. The Morgan fingerprint density at radius 3 is 2.55 bits per heavy atom. The molecule has 0 saturated carbocycles. The van der Waals surface area contributed by atoms with E-state index in [1.54, 1.807) is 17.4 Å². The van der Waals surface area contributed by atoms with Gasteiger partial charge in [0.05, 0.1) is 13.2 Å². The molecule has 0 aliphatic heterocycles. The van der Waals surface area contributed by atoms with Crippen molar-refractivity contribution < 1.29 is 14.6 Å². The van der Waals surface area contributed by atoms with Crippen LogP contribution in [0.25, 0.3) is 0 Å². The number of hydrogen-bond donors (Lipinski definition) is 2. The number of thiophene rings is 1. The highest BCUT2D eigenvalue weighted by Crippen LogP contribution is 2.18. The minimum absolute atomic E-state index is 0.0816. The minimum Gasteiger partial charge on any atom is -0.462 e. The molecule has 0 spiro atoms. The smallest absolute Gasteiger partial charge is 0.129 e. The maximum atomic E-state index is 9.54. The van der Waals surface area contributed by atoms with Crippen LogP contribution in [-0.4, -0.2) is 27.8 Å². The van der Waals surface area contributed by atoms with Crippen molar-refractivity contribution in [1.29, 1.82) is 0 Å². The van der Waals surface area contributed by atoms with Gasteiger partial charge in [-0.2, -0.15) is 11.3 Å². The largest absolute Gasteiger partial charge is 0.462 e. The highest BCUT2D eigenvalue weighted by atomic mass is 32.1. The van der Waals surface area contributed by atoms with Gasteiger partial charge in [0.25, 0.3) is 0 Å². The highest BCUT2D eigenvalue weighted by Gasteiger charge is 2.18. The minimum atomic E-state index is -0.0816. The fourth-order valence-electron chi connectivity index (χ4n) is 2.23. The molecule has 2 N–H and O–H groups in total. The van der Waals surface area contributed by atoms with E-state index in [-0.39, 0.29) is 19.3 Å². The standard InChI is InChI=1S/C15H21NO3S/c1-2-13(9-17)16(7-12-5-6-20-11-12)8-14-3-4-15(10-18)19-14/h3-6,11,13,17-18H,2,7-10H2,1H3/t13-/m1/s1. The van der Waals surface area contributed by atoms with E-state index in [4.69, 9.17) is 9.52 Å². The lowest BCUT2D eigenvalue weighted by Gasteiger charge is -2.28. The molecule has 0 saturated heterocycles. The Balaban J connectivity index is 2.08. The summed E-state index contributed by atoms with van der Waals surface area (Å²) in [5, 5.41) is 22.8. The molecular weight excluding hydrogens is 274 g/mol. The van der Waals surface area contributed by atoms with E-state index < -0.39 is 0 Å². The van der Waals surface area contributed by atoms with Gasteiger partial charge in [0.15, 0.2) is 0 Å². The Bertz CT molecular complexity index is 491. The quantitative estimate of drug-likeness (QED) is 0.786. The number of furan rings is 1. The molecule has 2 aromatic heterocycles. The first-order valence-electron chi connectivity index (χ1n) is 6.81. The predicted molar refractivity (Wildman–Crippen MR) is 79.4 cm³/mol. The zero-order valence-electron chi connectivity index (χ0n) is 11.7. The van der Waals surface area contributed by atoms with E-state index in [0.29, 0.717) is 12.3 Å². The first kappa shape index (κ1) is 15.3. The van der Waals surface area contributed by atoms with Crippen molar-refractivity contribution in [2.45, 2.75) is 39.1 Å². The number of nitrogens with zero attached hydrogens (tertiary/aromatic N) is 1. The molecule has 0 bridgehead atoms. The van der Waals surface area contributed by atoms with Crippen LogP contribution < -0.4 is 0 Å². The Labute approximate surface area is 123 Å². The Hall–Kier alpha value is -1.14. The fraction of sp³-hybridized carbons (Fsp3) is 0.467. The lowest BCUT2D eigenvalue weighted by Crippen LogP contribution is -2.36. The summed E-state index contributed by atoms with van der Waals surface area (Å²) in [5.74, 6) is 1.39. The maximum absolute atomic E-state index is 9.54. The lowest BCUT2D eigenvalue weighted by atomic mass is 10.1. The summed E-state index contributed by atoms with van der Waals surface area (Å²) in [6.07, 6.45) is 0.883. The molecular formula is C15H21NO3S. The first-order valence-corrected chi connectivity index (χ1v) is 7.75. The molecule has 0 aliphatic carbocycles. The van der Waals surface area contributed by atoms with Gasteiger partial charge in [0.2, 0.25) is 0 Å². The summed E-state index contributed by atoms with van der Waals surface area (Å²) in [6, 6.07) is 5.88. The SMILES string of the molecule is CC[C@H](CO)N(Cc1ccsc1)Cc1ccc(CO)o1. The van der Waals surface area contributed by atoms with Gasteiger partial charge in [0, 0.05) is 12.6 Å². The second kappa shape index (κ2) is 7.59. The van der Waals surface area contributed by atoms with Crippen molar-refractivity contribution in [3.8, 4) is 0 Å². The first-order chi connectivity index (χ1) is 9.76. The van der Waals surface area contributed by atoms with Gasteiger partial charge < -0.3 is 14.6 Å². The monoisotopic (exact) mass is 295 g/mol. The molecule has 2 rings (SSSR count). The van der Waals surface area contributed by atoms with Gasteiger partial charge in [-0.25, -0.2) is 0 Å². The Morgan fingerprint density at radius 1 is 1.20 bits per heavy atom. The van der Waals surface area contributed by atoms with Crippen LogP contribution in [0.1, 0.15) is 30.4 Å². The van der Waals surface area contributed by atoms with Gasteiger partial charge >= 0.3 is 0 Å². The number of rotatable bonds is 8. The van der Waals surface area contributed by atoms with E-state index in [1.807, 2.05) is 6.07 Å². The van der Waals surface area contributed by atoms with Gasteiger partial charge in [-0.1, -0.05) is 6.92 Å². The predicted octanol–water partition coefficient (Wildman–Crippen LogP) is 2.61. The third kappa shape index (κ3) is 3.93. The van der Waals surface area contributed by atoms with Crippen molar-refractivity contribution in [1.82, 2.24) is 4.90 Å². The van der Waals surface area contributed by atoms with E-state index in [9.17, 15) is 5.11 Å². The molecule has 4 nitrogen and oxygen atoms in total. The average molecular weight is 295 g/mol. The Morgan fingerprint density at radius 2 is 2.00 bits per heavy atom. The molecule has 2 heterocycles. The topological polar surface area (TPSA) is 56.8 Å². The van der Waals surface area contributed by atoms with Crippen molar-refractivity contribution in [2.75, 3.05) is 6.61 Å². The number of aliphatic hydroxyl groups excluding tert-OH is 2. The van der Waals surface area contributed by atoms with Crippen molar-refractivity contribution in [2.24, 2.45) is 0 Å². The number of aliphatic hydroxyl groups is 2. The summed E-state index contributed by atoms with van der Waals surface area (Å²) in [4.78, 5) is 2.21. The van der Waals surface area contributed by atoms with Crippen LogP contribution in [0.2, 0.25) is 0 Å². The van der Waals surface area contributed by atoms with Crippen LogP contribution in [0.4, 0.5) is 0 Å². The third-order valence-electron chi connectivity index (χ3n) is 3.40. The summed E-state index contributed by atoms with van der Waals surface area (Å²) in [6.45, 7) is 3.55.